The maximum absolute atomic E-state index is 13.7. The summed E-state index contributed by atoms with van der Waals surface area (Å²) in [5.74, 6) is 8.88. The number of amides is 1. The highest BCUT2D eigenvalue weighted by atomic mass is 79.9. The Morgan fingerprint density at radius 2 is 1.85 bits per heavy atom. The van der Waals surface area contributed by atoms with Crippen molar-refractivity contribution in [3.05, 3.63) is 99.7 Å². The summed E-state index contributed by atoms with van der Waals surface area (Å²) in [7, 11) is 0. The van der Waals surface area contributed by atoms with E-state index in [0.717, 1.165) is 85.4 Å². The highest BCUT2D eigenvalue weighted by Gasteiger charge is 2.18. The van der Waals surface area contributed by atoms with Crippen molar-refractivity contribution in [1.29, 1.82) is 0 Å². The minimum absolute atomic E-state index is 0.154. The van der Waals surface area contributed by atoms with Gasteiger partial charge in [0, 0.05) is 70.2 Å². The minimum atomic E-state index is -0.154. The molecule has 3 aromatic carbocycles. The van der Waals surface area contributed by atoms with Crippen molar-refractivity contribution in [2.45, 2.75) is 13.1 Å². The first-order valence-electron chi connectivity index (χ1n) is 13.6. The minimum Gasteiger partial charge on any atom is -0.360 e. The lowest BCUT2D eigenvalue weighted by atomic mass is 10.0. The molecule has 206 valence electrons. The second kappa shape index (κ2) is 12.5. The first kappa shape index (κ1) is 27.6. The number of carbonyl (C=O) groups is 1. The van der Waals surface area contributed by atoms with Gasteiger partial charge in [0.2, 0.25) is 0 Å². The predicted octanol–water partition coefficient (Wildman–Crippen LogP) is 5.93. The standard InChI is InChI=1S/C33H30BrN5OS/c34-25-10-11-30-27(17-25)29(21-36-30)31-18-28(33(40)37-20-23-8-6-22(19-35)7-9-23)26-5-1-3-24(32(26)38-31)4-2-12-39-13-15-41-16-14-39/h1,3,5-11,17-18,21,36H,12-16,19-20,35H2,(H,37,40). The summed E-state index contributed by atoms with van der Waals surface area (Å²) in [4.78, 5) is 24.5. The number of H-pyrrole nitrogens is 1. The lowest BCUT2D eigenvalue weighted by Gasteiger charge is -2.23. The zero-order valence-electron chi connectivity index (χ0n) is 22.5. The molecule has 0 unspecified atom stereocenters. The largest absolute Gasteiger partial charge is 0.360 e. The van der Waals surface area contributed by atoms with Crippen LogP contribution >= 0.6 is 27.7 Å². The van der Waals surface area contributed by atoms with Crippen molar-refractivity contribution in [2.75, 3.05) is 31.1 Å². The number of pyridine rings is 1. The van der Waals surface area contributed by atoms with E-state index in [1.165, 1.54) is 0 Å². The smallest absolute Gasteiger partial charge is 0.252 e. The number of thioether (sulfide) groups is 1. The molecule has 1 fully saturated rings. The second-order valence-corrected chi connectivity index (χ2v) is 12.2. The number of nitrogens with one attached hydrogen (secondary N) is 2. The van der Waals surface area contributed by atoms with Crippen LogP contribution in [-0.2, 0) is 13.1 Å². The molecule has 4 N–H and O–H groups in total. The summed E-state index contributed by atoms with van der Waals surface area (Å²) in [6.45, 7) is 3.75. The van der Waals surface area contributed by atoms with Crippen molar-refractivity contribution < 1.29 is 4.79 Å². The van der Waals surface area contributed by atoms with Crippen LogP contribution in [0, 0.1) is 11.8 Å². The van der Waals surface area contributed by atoms with Crippen molar-refractivity contribution >= 4 is 55.4 Å². The average Bonchev–Trinajstić information content (AvgIpc) is 3.43. The van der Waals surface area contributed by atoms with Crippen LogP contribution in [0.3, 0.4) is 0 Å². The molecule has 0 saturated carbocycles. The van der Waals surface area contributed by atoms with Gasteiger partial charge in [-0.05, 0) is 41.5 Å². The maximum atomic E-state index is 13.7. The first-order chi connectivity index (χ1) is 20.1. The lowest BCUT2D eigenvalue weighted by molar-refractivity contribution is 0.0952. The average molecular weight is 625 g/mol. The third-order valence-electron chi connectivity index (χ3n) is 7.35. The molecule has 2 aromatic heterocycles. The molecule has 6 rings (SSSR count). The molecule has 0 aliphatic carbocycles. The van der Waals surface area contributed by atoms with Gasteiger partial charge in [0.05, 0.1) is 28.9 Å². The van der Waals surface area contributed by atoms with Gasteiger partial charge in [0.15, 0.2) is 0 Å². The molecule has 1 saturated heterocycles. The number of hydrogen-bond acceptors (Lipinski definition) is 5. The molecular weight excluding hydrogens is 594 g/mol. The van der Waals surface area contributed by atoms with Gasteiger partial charge in [-0.15, -0.1) is 0 Å². The van der Waals surface area contributed by atoms with Crippen LogP contribution in [0.25, 0.3) is 33.1 Å². The number of para-hydroxylation sites is 1. The number of rotatable bonds is 6. The van der Waals surface area contributed by atoms with Crippen molar-refractivity contribution in [3.63, 3.8) is 0 Å². The molecule has 0 atom stereocenters. The summed E-state index contributed by atoms with van der Waals surface area (Å²) in [5.41, 5.74) is 12.6. The van der Waals surface area contributed by atoms with Crippen LogP contribution in [0.1, 0.15) is 27.0 Å². The molecule has 1 amide bonds. The van der Waals surface area contributed by atoms with Crippen LogP contribution in [0.5, 0.6) is 0 Å². The number of aromatic amines is 1. The number of carbonyl (C=O) groups excluding carboxylic acids is 1. The number of hydrogen-bond donors (Lipinski definition) is 3. The van der Waals surface area contributed by atoms with Crippen molar-refractivity contribution in [1.82, 2.24) is 20.2 Å². The van der Waals surface area contributed by atoms with Crippen LogP contribution in [0.4, 0.5) is 0 Å². The molecular formula is C33H30BrN5OS. The van der Waals surface area contributed by atoms with Crippen LogP contribution in [0.2, 0.25) is 0 Å². The fourth-order valence-corrected chi connectivity index (χ4v) is 6.40. The maximum Gasteiger partial charge on any atom is 0.252 e. The fourth-order valence-electron chi connectivity index (χ4n) is 5.06. The van der Waals surface area contributed by atoms with Gasteiger partial charge in [0.1, 0.15) is 0 Å². The molecule has 0 bridgehead atoms. The van der Waals surface area contributed by atoms with Gasteiger partial charge in [0.25, 0.3) is 5.91 Å². The zero-order chi connectivity index (χ0) is 28.2. The molecule has 8 heteroatoms. The zero-order valence-corrected chi connectivity index (χ0v) is 24.9. The number of nitrogens with two attached hydrogens (primary N) is 1. The number of halogens is 1. The van der Waals surface area contributed by atoms with E-state index < -0.39 is 0 Å². The molecule has 3 heterocycles. The Bertz CT molecular complexity index is 1780. The highest BCUT2D eigenvalue weighted by molar-refractivity contribution is 9.10. The summed E-state index contributed by atoms with van der Waals surface area (Å²) in [5, 5.41) is 4.93. The van der Waals surface area contributed by atoms with Gasteiger partial charge >= 0.3 is 0 Å². The summed E-state index contributed by atoms with van der Waals surface area (Å²) in [6, 6.07) is 21.9. The summed E-state index contributed by atoms with van der Waals surface area (Å²) < 4.78 is 0.980. The van der Waals surface area contributed by atoms with Gasteiger partial charge < -0.3 is 16.0 Å². The third kappa shape index (κ3) is 6.19. The highest BCUT2D eigenvalue weighted by Crippen LogP contribution is 2.33. The van der Waals surface area contributed by atoms with E-state index in [1.54, 1.807) is 0 Å². The van der Waals surface area contributed by atoms with E-state index in [1.807, 2.05) is 78.6 Å². The normalized spacial score (nSPS) is 13.7. The Kier molecular flexibility index (Phi) is 8.40. The lowest BCUT2D eigenvalue weighted by Crippen LogP contribution is -2.32. The molecule has 0 radical (unpaired) electrons. The fraction of sp³-hybridized carbons (Fsp3) is 0.212. The van der Waals surface area contributed by atoms with E-state index in [0.29, 0.717) is 18.7 Å². The van der Waals surface area contributed by atoms with Gasteiger partial charge in [-0.25, -0.2) is 4.98 Å². The summed E-state index contributed by atoms with van der Waals surface area (Å²) in [6.07, 6.45) is 1.95. The van der Waals surface area contributed by atoms with Gasteiger partial charge in [-0.2, -0.15) is 11.8 Å². The van der Waals surface area contributed by atoms with Crippen LogP contribution in [0.15, 0.2) is 77.4 Å². The molecule has 1 aliphatic heterocycles. The van der Waals surface area contributed by atoms with Gasteiger partial charge in [-0.3, -0.25) is 9.69 Å². The van der Waals surface area contributed by atoms with E-state index in [9.17, 15) is 4.79 Å². The van der Waals surface area contributed by atoms with E-state index in [4.69, 9.17) is 10.7 Å². The Balaban J connectivity index is 1.40. The van der Waals surface area contributed by atoms with Gasteiger partial charge in [-0.1, -0.05) is 64.2 Å². The molecule has 6 nitrogen and oxygen atoms in total. The molecule has 5 aromatic rings. The first-order valence-corrected chi connectivity index (χ1v) is 15.6. The Morgan fingerprint density at radius 3 is 2.66 bits per heavy atom. The SMILES string of the molecule is NCc1ccc(CNC(=O)c2cc(-c3c[nH]c4ccc(Br)cc34)nc3c(C#CCN4CCSCC4)cccc23)cc1. The van der Waals surface area contributed by atoms with E-state index in [2.05, 4.69) is 49.0 Å². The number of aromatic nitrogens is 2. The van der Waals surface area contributed by atoms with E-state index >= 15 is 0 Å². The van der Waals surface area contributed by atoms with E-state index in [-0.39, 0.29) is 5.91 Å². The predicted molar refractivity (Wildman–Crippen MR) is 173 cm³/mol. The Hall–Kier alpha value is -3.61. The molecule has 0 spiro atoms. The monoisotopic (exact) mass is 623 g/mol. The quantitative estimate of drug-likeness (QED) is 0.204. The number of benzene rings is 3. The Morgan fingerprint density at radius 1 is 1.05 bits per heavy atom. The topological polar surface area (TPSA) is 87.0 Å². The molecule has 1 aliphatic rings. The molecule has 41 heavy (non-hydrogen) atoms. The van der Waals surface area contributed by atoms with Crippen LogP contribution in [-0.4, -0.2) is 51.9 Å². The number of fused-ring (bicyclic) bond motifs is 2. The van der Waals surface area contributed by atoms with Crippen LogP contribution < -0.4 is 11.1 Å². The Labute approximate surface area is 252 Å². The third-order valence-corrected chi connectivity index (χ3v) is 8.78. The summed E-state index contributed by atoms with van der Waals surface area (Å²) >= 11 is 5.59. The van der Waals surface area contributed by atoms with Crippen molar-refractivity contribution in [3.8, 4) is 23.1 Å². The van der Waals surface area contributed by atoms with Crippen molar-refractivity contribution in [2.24, 2.45) is 5.73 Å². The second-order valence-electron chi connectivity index (χ2n) is 10.0. The number of nitrogens with zero attached hydrogens (tertiary/aromatic N) is 2.